The standard InChI is InChI=1S/C8H6/c1-2-6-4-8(6)7-3-5(1)7/h1-2H,3-4H2. The maximum atomic E-state index is 2.27. The van der Waals surface area contributed by atoms with Gasteiger partial charge in [-0.1, -0.05) is 12.1 Å². The molecule has 1 aromatic rings. The molecule has 0 spiro atoms. The third-order valence-corrected chi connectivity index (χ3v) is 2.11. The van der Waals surface area contributed by atoms with Crippen LogP contribution in [0.2, 0.25) is 0 Å². The normalized spacial score (nSPS) is 17.0. The number of fused-ring (bicyclic) bond motifs is 3. The molecule has 0 atom stereocenters. The molecule has 38 valence electrons. The van der Waals surface area contributed by atoms with Crippen LogP contribution < -0.4 is 0 Å². The summed E-state index contributed by atoms with van der Waals surface area (Å²) in [5.41, 5.74) is 6.53. The molecule has 8 heavy (non-hydrogen) atoms. The molecule has 0 bridgehead atoms. The van der Waals surface area contributed by atoms with Crippen LogP contribution in [0.15, 0.2) is 12.1 Å². The Morgan fingerprint density at radius 3 is 1.88 bits per heavy atom. The van der Waals surface area contributed by atoms with Gasteiger partial charge >= 0.3 is 0 Å². The number of benzene rings is 1. The van der Waals surface area contributed by atoms with Crippen molar-refractivity contribution in [3.8, 4) is 0 Å². The highest BCUT2D eigenvalue weighted by Gasteiger charge is 2.30. The molecule has 2 aliphatic carbocycles. The molecule has 0 aliphatic heterocycles. The molecule has 0 heteroatoms. The van der Waals surface area contributed by atoms with Gasteiger partial charge in [-0.2, -0.15) is 0 Å². The molecule has 0 heterocycles. The van der Waals surface area contributed by atoms with E-state index in [0.717, 1.165) is 0 Å². The monoisotopic (exact) mass is 102 g/mol. The van der Waals surface area contributed by atoms with Crippen LogP contribution in [0.1, 0.15) is 22.3 Å². The SMILES string of the molecule is c1cc2c(c3c1C3)C2. The summed E-state index contributed by atoms with van der Waals surface area (Å²) >= 11 is 0. The zero-order valence-electron chi connectivity index (χ0n) is 4.57. The van der Waals surface area contributed by atoms with Crippen LogP contribution in [0.4, 0.5) is 0 Å². The molecule has 2 aliphatic rings. The number of rotatable bonds is 0. The first-order valence-electron chi connectivity index (χ1n) is 3.07. The fourth-order valence-corrected chi connectivity index (χ4v) is 1.41. The quantitative estimate of drug-likeness (QED) is 0.403. The molecule has 0 nitrogen and oxygen atoms in total. The van der Waals surface area contributed by atoms with Crippen molar-refractivity contribution in [3.05, 3.63) is 34.4 Å². The Morgan fingerprint density at radius 1 is 0.875 bits per heavy atom. The summed E-state index contributed by atoms with van der Waals surface area (Å²) in [6, 6.07) is 4.53. The molecule has 0 radical (unpaired) electrons. The first-order valence-corrected chi connectivity index (χ1v) is 3.07. The van der Waals surface area contributed by atoms with Gasteiger partial charge in [0.15, 0.2) is 0 Å². The highest BCUT2D eigenvalue weighted by atomic mass is 14.3. The molecule has 0 aromatic heterocycles. The van der Waals surface area contributed by atoms with Crippen molar-refractivity contribution >= 4 is 0 Å². The fourth-order valence-electron chi connectivity index (χ4n) is 1.41. The van der Waals surface area contributed by atoms with Gasteiger partial charge in [-0.25, -0.2) is 0 Å². The van der Waals surface area contributed by atoms with E-state index in [1.54, 1.807) is 22.3 Å². The van der Waals surface area contributed by atoms with E-state index in [1.165, 1.54) is 12.8 Å². The average molecular weight is 102 g/mol. The minimum atomic E-state index is 1.30. The maximum Gasteiger partial charge on any atom is -0.00170 e. The Morgan fingerprint density at radius 2 is 1.38 bits per heavy atom. The molecular formula is C8H6. The first kappa shape index (κ1) is 3.29. The van der Waals surface area contributed by atoms with Gasteiger partial charge in [-0.05, 0) is 35.1 Å². The Labute approximate surface area is 48.1 Å². The second-order valence-electron chi connectivity index (χ2n) is 2.69. The summed E-state index contributed by atoms with van der Waals surface area (Å²) in [7, 11) is 0. The lowest BCUT2D eigenvalue weighted by Crippen LogP contribution is -1.49. The minimum absolute atomic E-state index is 1.30. The van der Waals surface area contributed by atoms with Gasteiger partial charge in [-0.3, -0.25) is 0 Å². The van der Waals surface area contributed by atoms with E-state index in [2.05, 4.69) is 12.1 Å². The Hall–Kier alpha value is -0.780. The number of hydrogen-bond acceptors (Lipinski definition) is 0. The van der Waals surface area contributed by atoms with Crippen molar-refractivity contribution < 1.29 is 0 Å². The van der Waals surface area contributed by atoms with Crippen LogP contribution in [-0.2, 0) is 12.8 Å². The highest BCUT2D eigenvalue weighted by molar-refractivity contribution is 5.62. The van der Waals surface area contributed by atoms with Crippen LogP contribution in [0.3, 0.4) is 0 Å². The molecular weight excluding hydrogens is 96.1 g/mol. The van der Waals surface area contributed by atoms with Crippen molar-refractivity contribution in [2.45, 2.75) is 12.8 Å². The smallest absolute Gasteiger partial charge is 0.00170 e. The van der Waals surface area contributed by atoms with Crippen LogP contribution in [-0.4, -0.2) is 0 Å². The molecule has 0 saturated carbocycles. The van der Waals surface area contributed by atoms with Crippen LogP contribution in [0.5, 0.6) is 0 Å². The predicted molar refractivity (Wildman–Crippen MR) is 32.1 cm³/mol. The molecule has 3 rings (SSSR count). The third-order valence-electron chi connectivity index (χ3n) is 2.11. The molecule has 0 N–H and O–H groups in total. The van der Waals surface area contributed by atoms with Gasteiger partial charge in [0.1, 0.15) is 0 Å². The van der Waals surface area contributed by atoms with Crippen molar-refractivity contribution in [2.75, 3.05) is 0 Å². The van der Waals surface area contributed by atoms with E-state index in [1.807, 2.05) is 0 Å². The first-order chi connectivity index (χ1) is 3.95. The van der Waals surface area contributed by atoms with E-state index < -0.39 is 0 Å². The van der Waals surface area contributed by atoms with Crippen molar-refractivity contribution in [2.24, 2.45) is 0 Å². The zero-order valence-corrected chi connectivity index (χ0v) is 4.57. The van der Waals surface area contributed by atoms with Gasteiger partial charge in [0.2, 0.25) is 0 Å². The molecule has 0 amide bonds. The third kappa shape index (κ3) is 0.227. The lowest BCUT2D eigenvalue weighted by atomic mass is 10.4. The van der Waals surface area contributed by atoms with Crippen molar-refractivity contribution in [1.29, 1.82) is 0 Å². The second kappa shape index (κ2) is 0.732. The molecule has 0 saturated heterocycles. The molecule has 0 unspecified atom stereocenters. The van der Waals surface area contributed by atoms with Crippen molar-refractivity contribution in [1.82, 2.24) is 0 Å². The van der Waals surface area contributed by atoms with E-state index in [4.69, 9.17) is 0 Å². The van der Waals surface area contributed by atoms with Crippen LogP contribution in [0, 0.1) is 0 Å². The Balaban J connectivity index is 2.55. The van der Waals surface area contributed by atoms with Crippen LogP contribution >= 0.6 is 0 Å². The second-order valence-corrected chi connectivity index (χ2v) is 2.69. The summed E-state index contributed by atoms with van der Waals surface area (Å²) in [5, 5.41) is 0. The highest BCUT2D eigenvalue weighted by Crippen LogP contribution is 2.42. The molecule has 0 fully saturated rings. The van der Waals surface area contributed by atoms with Gasteiger partial charge in [0.25, 0.3) is 0 Å². The van der Waals surface area contributed by atoms with Gasteiger partial charge in [0.05, 0.1) is 0 Å². The predicted octanol–water partition coefficient (Wildman–Crippen LogP) is 1.50. The van der Waals surface area contributed by atoms with E-state index in [0.29, 0.717) is 0 Å². The van der Waals surface area contributed by atoms with Gasteiger partial charge in [-0.15, -0.1) is 0 Å². The van der Waals surface area contributed by atoms with Crippen molar-refractivity contribution in [3.63, 3.8) is 0 Å². The van der Waals surface area contributed by atoms with E-state index in [9.17, 15) is 0 Å². The largest absolute Gasteiger partial charge is 0.0581 e. The summed E-state index contributed by atoms with van der Waals surface area (Å²) in [6.07, 6.45) is 2.60. The van der Waals surface area contributed by atoms with E-state index in [-0.39, 0.29) is 0 Å². The lowest BCUT2D eigenvalue weighted by molar-refractivity contribution is 1.52. The summed E-state index contributed by atoms with van der Waals surface area (Å²) in [4.78, 5) is 0. The molecule has 1 aromatic carbocycles. The summed E-state index contributed by atoms with van der Waals surface area (Å²) in [5.74, 6) is 0. The Kier molecular flexibility index (Phi) is 0.301. The lowest BCUT2D eigenvalue weighted by Gasteiger charge is -1.68. The average Bonchev–Trinajstić information content (AvgIpc) is 2.59. The Bertz CT molecular complexity index is 243. The summed E-state index contributed by atoms with van der Waals surface area (Å²) < 4.78 is 0. The van der Waals surface area contributed by atoms with Gasteiger partial charge in [0, 0.05) is 0 Å². The minimum Gasteiger partial charge on any atom is -0.0581 e. The van der Waals surface area contributed by atoms with Crippen LogP contribution in [0.25, 0.3) is 0 Å². The van der Waals surface area contributed by atoms with E-state index >= 15 is 0 Å². The topological polar surface area (TPSA) is 0 Å². The maximum absolute atomic E-state index is 2.27. The summed E-state index contributed by atoms with van der Waals surface area (Å²) in [6.45, 7) is 0. The zero-order chi connectivity index (χ0) is 5.14. The van der Waals surface area contributed by atoms with Gasteiger partial charge < -0.3 is 0 Å². The number of hydrogen-bond donors (Lipinski definition) is 0. The fraction of sp³-hybridized carbons (Fsp3) is 0.250.